The highest BCUT2D eigenvalue weighted by molar-refractivity contribution is 5.97. The lowest BCUT2D eigenvalue weighted by Crippen LogP contribution is -2.41. The lowest BCUT2D eigenvalue weighted by Gasteiger charge is -2.32. The highest BCUT2D eigenvalue weighted by Crippen LogP contribution is 2.20. The maximum Gasteiger partial charge on any atom is 0.335 e. The van der Waals surface area contributed by atoms with E-state index in [9.17, 15) is 9.59 Å². The summed E-state index contributed by atoms with van der Waals surface area (Å²) in [6.07, 6.45) is 2.03. The van der Waals surface area contributed by atoms with Crippen molar-refractivity contribution >= 4 is 11.9 Å². The molecule has 1 saturated heterocycles. The maximum atomic E-state index is 12.6. The summed E-state index contributed by atoms with van der Waals surface area (Å²) in [6, 6.07) is 4.79. The van der Waals surface area contributed by atoms with Crippen molar-refractivity contribution in [1.29, 1.82) is 0 Å². The zero-order chi connectivity index (χ0) is 16.1. The fourth-order valence-corrected chi connectivity index (χ4v) is 2.88. The molecule has 5 heteroatoms. The third kappa shape index (κ3) is 4.07. The molecule has 5 nitrogen and oxygen atoms in total. The number of carboxylic acid groups (broad SMARTS) is 1. The van der Waals surface area contributed by atoms with Crippen LogP contribution in [0.5, 0.6) is 0 Å². The van der Waals surface area contributed by atoms with Crippen molar-refractivity contribution in [3.05, 3.63) is 34.9 Å². The number of amides is 1. The largest absolute Gasteiger partial charge is 0.478 e. The summed E-state index contributed by atoms with van der Waals surface area (Å²) in [5, 5.41) is 9.12. The van der Waals surface area contributed by atoms with E-state index >= 15 is 0 Å². The van der Waals surface area contributed by atoms with E-state index < -0.39 is 5.97 Å². The van der Waals surface area contributed by atoms with E-state index in [-0.39, 0.29) is 11.5 Å². The van der Waals surface area contributed by atoms with Crippen LogP contribution in [0.1, 0.15) is 46.0 Å². The standard InChI is InChI=1S/C17H23NO4/c1-3-22-11-13-5-4-6-18(10-13)16(19)14-7-12(2)8-15(9-14)17(20)21/h7-9,13H,3-6,10-11H2,1-2H3,(H,20,21). The summed E-state index contributed by atoms with van der Waals surface area (Å²) in [6.45, 7) is 6.52. The smallest absolute Gasteiger partial charge is 0.335 e. The van der Waals surface area contributed by atoms with Crippen molar-refractivity contribution in [2.24, 2.45) is 5.92 Å². The minimum Gasteiger partial charge on any atom is -0.478 e. The molecule has 120 valence electrons. The first-order chi connectivity index (χ1) is 10.5. The molecule has 1 atom stereocenters. The topological polar surface area (TPSA) is 66.8 Å². The molecule has 1 amide bonds. The Labute approximate surface area is 130 Å². The van der Waals surface area contributed by atoms with Gasteiger partial charge in [0.05, 0.1) is 12.2 Å². The zero-order valence-electron chi connectivity index (χ0n) is 13.2. The van der Waals surface area contributed by atoms with Gasteiger partial charge in [0, 0.05) is 25.3 Å². The molecule has 0 spiro atoms. The lowest BCUT2D eigenvalue weighted by molar-refractivity contribution is 0.0501. The molecule has 1 aliphatic rings. The number of carbonyl (C=O) groups excluding carboxylic acids is 1. The molecule has 1 aromatic rings. The second-order valence-electron chi connectivity index (χ2n) is 5.81. The van der Waals surface area contributed by atoms with Crippen LogP contribution in [0, 0.1) is 12.8 Å². The molecule has 0 radical (unpaired) electrons. The van der Waals surface area contributed by atoms with E-state index in [4.69, 9.17) is 9.84 Å². The van der Waals surface area contributed by atoms with Crippen molar-refractivity contribution in [2.75, 3.05) is 26.3 Å². The summed E-state index contributed by atoms with van der Waals surface area (Å²) in [5.74, 6) is -0.737. The van der Waals surface area contributed by atoms with Gasteiger partial charge in [-0.15, -0.1) is 0 Å². The molecular weight excluding hydrogens is 282 g/mol. The third-order valence-electron chi connectivity index (χ3n) is 3.94. The summed E-state index contributed by atoms with van der Waals surface area (Å²) >= 11 is 0. The van der Waals surface area contributed by atoms with Crippen LogP contribution in [0.4, 0.5) is 0 Å². The first kappa shape index (κ1) is 16.5. The van der Waals surface area contributed by atoms with Gasteiger partial charge in [-0.1, -0.05) is 0 Å². The predicted molar refractivity (Wildman–Crippen MR) is 83.3 cm³/mol. The van der Waals surface area contributed by atoms with Gasteiger partial charge in [0.1, 0.15) is 0 Å². The number of ether oxygens (including phenoxy) is 1. The summed E-state index contributed by atoms with van der Waals surface area (Å²) < 4.78 is 5.46. The Hall–Kier alpha value is -1.88. The van der Waals surface area contributed by atoms with E-state index in [1.165, 1.54) is 6.07 Å². The fourth-order valence-electron chi connectivity index (χ4n) is 2.88. The number of rotatable bonds is 5. The van der Waals surface area contributed by atoms with Gasteiger partial charge in [-0.2, -0.15) is 0 Å². The lowest BCUT2D eigenvalue weighted by atomic mass is 9.97. The Morgan fingerprint density at radius 1 is 1.32 bits per heavy atom. The molecule has 0 saturated carbocycles. The zero-order valence-corrected chi connectivity index (χ0v) is 13.2. The molecule has 22 heavy (non-hydrogen) atoms. The molecule has 0 bridgehead atoms. The number of carboxylic acids is 1. The predicted octanol–water partition coefficient (Wildman–Crippen LogP) is 2.58. The van der Waals surface area contributed by atoms with Crippen molar-refractivity contribution < 1.29 is 19.4 Å². The van der Waals surface area contributed by atoms with Gasteiger partial charge in [-0.05, 0) is 56.4 Å². The van der Waals surface area contributed by atoms with E-state index in [1.54, 1.807) is 19.1 Å². The molecule has 2 rings (SSSR count). The molecule has 1 aliphatic heterocycles. The Morgan fingerprint density at radius 3 is 2.73 bits per heavy atom. The van der Waals surface area contributed by atoms with Gasteiger partial charge in [0.15, 0.2) is 0 Å². The van der Waals surface area contributed by atoms with Gasteiger partial charge >= 0.3 is 5.97 Å². The van der Waals surface area contributed by atoms with Gasteiger partial charge in [0.2, 0.25) is 0 Å². The van der Waals surface area contributed by atoms with E-state index in [1.807, 2.05) is 11.8 Å². The summed E-state index contributed by atoms with van der Waals surface area (Å²) in [7, 11) is 0. The van der Waals surface area contributed by atoms with Crippen LogP contribution in [-0.4, -0.2) is 48.2 Å². The van der Waals surface area contributed by atoms with Crippen LogP contribution in [0.3, 0.4) is 0 Å². The van der Waals surface area contributed by atoms with Gasteiger partial charge in [-0.3, -0.25) is 4.79 Å². The third-order valence-corrected chi connectivity index (χ3v) is 3.94. The fraction of sp³-hybridized carbons (Fsp3) is 0.529. The molecule has 1 N–H and O–H groups in total. The van der Waals surface area contributed by atoms with Gasteiger partial charge in [-0.25, -0.2) is 4.79 Å². The van der Waals surface area contributed by atoms with Crippen LogP contribution in [-0.2, 0) is 4.74 Å². The average molecular weight is 305 g/mol. The van der Waals surface area contributed by atoms with Crippen LogP contribution < -0.4 is 0 Å². The Morgan fingerprint density at radius 2 is 2.05 bits per heavy atom. The maximum absolute atomic E-state index is 12.6. The van der Waals surface area contributed by atoms with E-state index in [2.05, 4.69) is 0 Å². The minimum atomic E-state index is -1.01. The Bertz CT molecular complexity index is 556. The number of hydrogen-bond acceptors (Lipinski definition) is 3. The normalized spacial score (nSPS) is 18.3. The molecule has 1 aromatic carbocycles. The highest BCUT2D eigenvalue weighted by Gasteiger charge is 2.25. The van der Waals surface area contributed by atoms with E-state index in [0.29, 0.717) is 31.2 Å². The number of piperidine rings is 1. The Kier molecular flexibility index (Phi) is 5.55. The van der Waals surface area contributed by atoms with Crippen molar-refractivity contribution in [1.82, 2.24) is 4.90 Å². The van der Waals surface area contributed by atoms with Gasteiger partial charge < -0.3 is 14.7 Å². The van der Waals surface area contributed by atoms with Crippen molar-refractivity contribution in [3.63, 3.8) is 0 Å². The second kappa shape index (κ2) is 7.40. The molecule has 0 aromatic heterocycles. The highest BCUT2D eigenvalue weighted by atomic mass is 16.5. The summed E-state index contributed by atoms with van der Waals surface area (Å²) in [4.78, 5) is 25.6. The second-order valence-corrected chi connectivity index (χ2v) is 5.81. The molecule has 1 heterocycles. The number of aryl methyl sites for hydroxylation is 1. The number of benzene rings is 1. The number of carbonyl (C=O) groups is 2. The monoisotopic (exact) mass is 305 g/mol. The molecule has 1 fully saturated rings. The number of aromatic carboxylic acids is 1. The number of hydrogen-bond donors (Lipinski definition) is 1. The first-order valence-corrected chi connectivity index (χ1v) is 7.73. The van der Waals surface area contributed by atoms with Gasteiger partial charge in [0.25, 0.3) is 5.91 Å². The van der Waals surface area contributed by atoms with Crippen molar-refractivity contribution in [2.45, 2.75) is 26.7 Å². The quantitative estimate of drug-likeness (QED) is 0.908. The molecule has 0 aliphatic carbocycles. The molecule has 1 unspecified atom stereocenters. The Balaban J connectivity index is 2.12. The SMILES string of the molecule is CCOCC1CCCN(C(=O)c2cc(C)cc(C(=O)O)c2)C1. The molecular formula is C17H23NO4. The van der Waals surface area contributed by atoms with Crippen molar-refractivity contribution in [3.8, 4) is 0 Å². The van der Waals surface area contributed by atoms with E-state index in [0.717, 1.165) is 24.9 Å². The minimum absolute atomic E-state index is 0.0904. The van der Waals surface area contributed by atoms with Crippen LogP contribution in [0.2, 0.25) is 0 Å². The van der Waals surface area contributed by atoms with Crippen LogP contribution in [0.25, 0.3) is 0 Å². The van der Waals surface area contributed by atoms with Crippen LogP contribution >= 0.6 is 0 Å². The summed E-state index contributed by atoms with van der Waals surface area (Å²) in [5.41, 5.74) is 1.40. The average Bonchev–Trinajstić information content (AvgIpc) is 2.51. The number of nitrogens with zero attached hydrogens (tertiary/aromatic N) is 1. The number of likely N-dealkylation sites (tertiary alicyclic amines) is 1. The van der Waals surface area contributed by atoms with Crippen LogP contribution in [0.15, 0.2) is 18.2 Å². The first-order valence-electron chi connectivity index (χ1n) is 7.73.